The number of carboxylic acid groups (broad SMARTS) is 1. The van der Waals surface area contributed by atoms with Crippen LogP contribution >= 0.6 is 35.0 Å². The lowest BCUT2D eigenvalue weighted by Gasteiger charge is -2.31. The first-order chi connectivity index (χ1) is 18.6. The molecule has 1 aliphatic rings. The number of nitrogens with zero attached hydrogens (tertiary/aromatic N) is 1. The van der Waals surface area contributed by atoms with Crippen molar-refractivity contribution in [2.75, 3.05) is 33.0 Å². The number of rotatable bonds is 10. The van der Waals surface area contributed by atoms with E-state index in [9.17, 15) is 24.3 Å². The van der Waals surface area contributed by atoms with Crippen molar-refractivity contribution >= 4 is 64.7 Å². The van der Waals surface area contributed by atoms with Crippen LogP contribution in [-0.4, -0.2) is 72.7 Å². The monoisotopic (exact) mass is 593 g/mol. The van der Waals surface area contributed by atoms with Crippen LogP contribution in [0.2, 0.25) is 10.0 Å². The molecular formula is C27H29Cl2N3O6S. The van der Waals surface area contributed by atoms with Crippen LogP contribution in [0.3, 0.4) is 0 Å². The summed E-state index contributed by atoms with van der Waals surface area (Å²) in [5, 5.41) is 15.4. The highest BCUT2D eigenvalue weighted by Crippen LogP contribution is 2.35. The Morgan fingerprint density at radius 3 is 2.51 bits per heavy atom. The van der Waals surface area contributed by atoms with Gasteiger partial charge in [0, 0.05) is 42.1 Å². The van der Waals surface area contributed by atoms with E-state index < -0.39 is 29.7 Å². The smallest absolute Gasteiger partial charge is 0.328 e. The molecular weight excluding hydrogens is 565 g/mol. The van der Waals surface area contributed by atoms with Gasteiger partial charge in [0.15, 0.2) is 0 Å². The average Bonchev–Trinajstić information content (AvgIpc) is 2.95. The van der Waals surface area contributed by atoms with E-state index in [-0.39, 0.29) is 12.5 Å². The Morgan fingerprint density at radius 1 is 1.15 bits per heavy atom. The number of methoxy groups -OCH3 is 1. The van der Waals surface area contributed by atoms with E-state index in [0.29, 0.717) is 52.9 Å². The minimum atomic E-state index is -1.30. The third-order valence-corrected chi connectivity index (χ3v) is 8.08. The maximum atomic E-state index is 12.8. The Bertz CT molecular complexity index is 1260. The number of aliphatic carboxylic acids is 1. The second kappa shape index (κ2) is 14.3. The molecule has 9 nitrogen and oxygen atoms in total. The predicted octanol–water partition coefficient (Wildman–Crippen LogP) is 3.98. The molecule has 12 heteroatoms. The number of carboxylic acids is 1. The number of likely N-dealkylation sites (tertiary alicyclic amines) is 1. The Hall–Kier alpha value is -3.21. The van der Waals surface area contributed by atoms with Gasteiger partial charge in [-0.3, -0.25) is 14.4 Å². The molecule has 0 aliphatic carbocycles. The number of nitrogens with one attached hydrogen (secondary N) is 2. The van der Waals surface area contributed by atoms with Crippen molar-refractivity contribution in [2.24, 2.45) is 5.92 Å². The largest absolute Gasteiger partial charge is 0.497 e. The van der Waals surface area contributed by atoms with E-state index in [0.717, 1.165) is 4.90 Å². The van der Waals surface area contributed by atoms with E-state index in [1.807, 2.05) is 12.3 Å². The number of hydrogen-bond acceptors (Lipinski definition) is 6. The molecule has 1 atom stereocenters. The van der Waals surface area contributed by atoms with E-state index in [4.69, 9.17) is 27.9 Å². The third-order valence-electron chi connectivity index (χ3n) is 6.29. The van der Waals surface area contributed by atoms with Gasteiger partial charge in [0.2, 0.25) is 11.8 Å². The molecule has 1 fully saturated rings. The zero-order chi connectivity index (χ0) is 28.5. The molecule has 0 radical (unpaired) electrons. The molecule has 0 unspecified atom stereocenters. The molecule has 1 aliphatic heterocycles. The van der Waals surface area contributed by atoms with Crippen LogP contribution < -0.4 is 15.4 Å². The highest BCUT2D eigenvalue weighted by molar-refractivity contribution is 7.98. The highest BCUT2D eigenvalue weighted by Gasteiger charge is 2.30. The molecule has 3 rings (SSSR count). The van der Waals surface area contributed by atoms with Crippen LogP contribution in [0.1, 0.15) is 28.8 Å². The Balaban J connectivity index is 1.50. The summed E-state index contributed by atoms with van der Waals surface area (Å²) in [6, 6.07) is 8.75. The fourth-order valence-electron chi connectivity index (χ4n) is 4.01. The van der Waals surface area contributed by atoms with Crippen molar-refractivity contribution in [2.45, 2.75) is 23.8 Å². The summed E-state index contributed by atoms with van der Waals surface area (Å²) >= 11 is 14.0. The molecule has 3 amide bonds. The zero-order valence-corrected chi connectivity index (χ0v) is 23.7. The first-order valence-electron chi connectivity index (χ1n) is 12.1. The van der Waals surface area contributed by atoms with Crippen molar-refractivity contribution in [3.05, 3.63) is 63.6 Å². The summed E-state index contributed by atoms with van der Waals surface area (Å²) in [4.78, 5) is 52.0. The Kier molecular flexibility index (Phi) is 11.1. The molecule has 3 N–H and O–H groups in total. The Morgan fingerprint density at radius 2 is 1.87 bits per heavy atom. The standard InChI is InChI=1S/C27H29Cl2N3O6S/c1-38-19-5-3-4-18(14-19)25(34)30-15-20(27(36)37)31-26(35)17-10-12-32(13-11-17)22(33)9-7-16-6-8-21(39-2)24(29)23(16)28/h3-9,14,17,20H,10-13,15H2,1-2H3,(H,30,34)(H,31,35)(H,36,37)/b9-7+/t20-/m0/s1. The van der Waals surface area contributed by atoms with Gasteiger partial charge in [0.05, 0.1) is 17.2 Å². The number of ether oxygens (including phenoxy) is 1. The molecule has 1 saturated heterocycles. The number of amides is 3. The third kappa shape index (κ3) is 8.14. The SMILES string of the molecule is COc1cccc(C(=O)NC[C@H](NC(=O)C2CCN(C(=O)/C=C/c3ccc(SC)c(Cl)c3Cl)CC2)C(=O)O)c1. The first kappa shape index (κ1) is 30.3. The fourth-order valence-corrected chi connectivity index (χ4v) is 5.19. The van der Waals surface area contributed by atoms with Crippen LogP contribution in [0.5, 0.6) is 5.75 Å². The van der Waals surface area contributed by atoms with Gasteiger partial charge in [-0.2, -0.15) is 0 Å². The van der Waals surface area contributed by atoms with E-state index >= 15 is 0 Å². The molecule has 0 spiro atoms. The van der Waals surface area contributed by atoms with Crippen LogP contribution in [0.15, 0.2) is 47.4 Å². The lowest BCUT2D eigenvalue weighted by Crippen LogP contribution is -2.51. The van der Waals surface area contributed by atoms with Gasteiger partial charge in [-0.25, -0.2) is 4.79 Å². The summed E-state index contributed by atoms with van der Waals surface area (Å²) in [7, 11) is 1.47. The van der Waals surface area contributed by atoms with Crippen molar-refractivity contribution in [3.63, 3.8) is 0 Å². The quantitative estimate of drug-likeness (QED) is 0.281. The van der Waals surface area contributed by atoms with Gasteiger partial charge in [-0.15, -0.1) is 11.8 Å². The number of halogens is 2. The molecule has 1 heterocycles. The normalized spacial score (nSPS) is 14.6. The molecule has 208 valence electrons. The number of benzene rings is 2. The minimum absolute atomic E-state index is 0.223. The predicted molar refractivity (Wildman–Crippen MR) is 151 cm³/mol. The van der Waals surface area contributed by atoms with Gasteiger partial charge in [-0.1, -0.05) is 35.3 Å². The minimum Gasteiger partial charge on any atom is -0.497 e. The topological polar surface area (TPSA) is 125 Å². The molecule has 0 bridgehead atoms. The van der Waals surface area contributed by atoms with Crippen molar-refractivity contribution < 1.29 is 29.0 Å². The molecule has 0 saturated carbocycles. The van der Waals surface area contributed by atoms with Gasteiger partial charge in [0.1, 0.15) is 11.8 Å². The number of hydrogen-bond donors (Lipinski definition) is 3. The number of carbonyl (C=O) groups is 4. The summed E-state index contributed by atoms with van der Waals surface area (Å²) in [6.07, 6.45) is 5.68. The van der Waals surface area contributed by atoms with E-state index in [2.05, 4.69) is 10.6 Å². The molecule has 2 aromatic rings. The van der Waals surface area contributed by atoms with Crippen LogP contribution in [0.25, 0.3) is 6.08 Å². The summed E-state index contributed by atoms with van der Waals surface area (Å²) in [5.74, 6) is -2.38. The summed E-state index contributed by atoms with van der Waals surface area (Å²) in [5.41, 5.74) is 0.929. The first-order valence-corrected chi connectivity index (χ1v) is 14.1. The number of thioether (sulfide) groups is 1. The number of piperidine rings is 1. The van der Waals surface area contributed by atoms with E-state index in [1.165, 1.54) is 31.0 Å². The van der Waals surface area contributed by atoms with Crippen molar-refractivity contribution in [1.82, 2.24) is 15.5 Å². The highest BCUT2D eigenvalue weighted by atomic mass is 35.5. The Labute approximate surface area is 240 Å². The zero-order valence-electron chi connectivity index (χ0n) is 21.4. The molecule has 39 heavy (non-hydrogen) atoms. The summed E-state index contributed by atoms with van der Waals surface area (Å²) in [6.45, 7) is 0.390. The van der Waals surface area contributed by atoms with Crippen molar-refractivity contribution in [1.29, 1.82) is 0 Å². The molecule has 2 aromatic carbocycles. The second-order valence-electron chi connectivity index (χ2n) is 8.76. The fraction of sp³-hybridized carbons (Fsp3) is 0.333. The maximum absolute atomic E-state index is 12.8. The van der Waals surface area contributed by atoms with Crippen molar-refractivity contribution in [3.8, 4) is 5.75 Å². The lowest BCUT2D eigenvalue weighted by molar-refractivity contribution is -0.142. The summed E-state index contributed by atoms with van der Waals surface area (Å²) < 4.78 is 5.09. The van der Waals surface area contributed by atoms with Gasteiger partial charge >= 0.3 is 5.97 Å². The molecule has 0 aromatic heterocycles. The average molecular weight is 595 g/mol. The van der Waals surface area contributed by atoms with Crippen LogP contribution in [0.4, 0.5) is 0 Å². The van der Waals surface area contributed by atoms with Crippen LogP contribution in [0, 0.1) is 5.92 Å². The number of carbonyl (C=O) groups excluding carboxylic acids is 3. The van der Waals surface area contributed by atoms with Gasteiger partial charge in [0.25, 0.3) is 5.91 Å². The maximum Gasteiger partial charge on any atom is 0.328 e. The van der Waals surface area contributed by atoms with E-state index in [1.54, 1.807) is 35.2 Å². The lowest BCUT2D eigenvalue weighted by atomic mass is 9.95. The van der Waals surface area contributed by atoms with Gasteiger partial charge < -0.3 is 25.4 Å². The second-order valence-corrected chi connectivity index (χ2v) is 10.4. The van der Waals surface area contributed by atoms with Crippen LogP contribution in [-0.2, 0) is 14.4 Å². The van der Waals surface area contributed by atoms with Gasteiger partial charge in [-0.05, 0) is 55.0 Å².